The van der Waals surface area contributed by atoms with E-state index < -0.39 is 11.9 Å². The Balaban J connectivity index is 0. The first-order valence-corrected chi connectivity index (χ1v) is 5.55. The van der Waals surface area contributed by atoms with Gasteiger partial charge in [-0.15, -0.1) is 0 Å². The van der Waals surface area contributed by atoms with Gasteiger partial charge in [0, 0.05) is 19.6 Å². The maximum absolute atomic E-state index is 10.6. The van der Waals surface area contributed by atoms with Crippen LogP contribution in [-0.2, 0) is 11.3 Å². The van der Waals surface area contributed by atoms with Gasteiger partial charge < -0.3 is 20.8 Å². The molecule has 0 spiro atoms. The SMILES string of the molecule is O=C(O)CNCCNCc1ccc(C(=O)O)cc1.[KH].[KH]. The van der Waals surface area contributed by atoms with E-state index in [1.54, 1.807) is 24.3 Å². The molecule has 0 fully saturated rings. The summed E-state index contributed by atoms with van der Waals surface area (Å²) < 4.78 is 0. The van der Waals surface area contributed by atoms with E-state index in [-0.39, 0.29) is 115 Å². The summed E-state index contributed by atoms with van der Waals surface area (Å²) in [7, 11) is 0. The van der Waals surface area contributed by atoms with E-state index in [0.717, 1.165) is 5.56 Å². The van der Waals surface area contributed by atoms with Crippen molar-refractivity contribution in [1.29, 1.82) is 0 Å². The molecule has 0 aliphatic rings. The normalized spacial score (nSPS) is 9.20. The predicted octanol–water partition coefficient (Wildman–Crippen LogP) is -1.15. The first-order valence-electron chi connectivity index (χ1n) is 5.55. The third-order valence-electron chi connectivity index (χ3n) is 2.28. The first kappa shape index (κ1) is 23.6. The fourth-order valence-electron chi connectivity index (χ4n) is 1.37. The molecule has 0 atom stereocenters. The van der Waals surface area contributed by atoms with Crippen molar-refractivity contribution in [3.05, 3.63) is 35.4 Å². The third-order valence-corrected chi connectivity index (χ3v) is 2.28. The molecule has 0 saturated carbocycles. The quantitative estimate of drug-likeness (QED) is 0.355. The topological polar surface area (TPSA) is 98.7 Å². The predicted molar refractivity (Wildman–Crippen MR) is 79.9 cm³/mol. The molecule has 0 amide bonds. The van der Waals surface area contributed by atoms with Gasteiger partial charge in [-0.3, -0.25) is 4.79 Å². The zero-order chi connectivity index (χ0) is 13.4. The summed E-state index contributed by atoms with van der Waals surface area (Å²) in [6.45, 7) is 1.79. The van der Waals surface area contributed by atoms with Gasteiger partial charge in [0.05, 0.1) is 12.1 Å². The van der Waals surface area contributed by atoms with Crippen LogP contribution in [0.3, 0.4) is 0 Å². The van der Waals surface area contributed by atoms with Gasteiger partial charge in [-0.25, -0.2) is 4.79 Å². The summed E-state index contributed by atoms with van der Waals surface area (Å²) in [5.74, 6) is -1.81. The van der Waals surface area contributed by atoms with Gasteiger partial charge in [0.2, 0.25) is 0 Å². The standard InChI is InChI=1S/C12H16N2O4.2K.2H/c15-11(16)8-14-6-5-13-7-9-1-3-10(4-2-9)12(17)18;;;;/h1-4,13-14H,5-8H2,(H,15,16)(H,17,18);;;;. The molecular formula is C12H18K2N2O4. The summed E-state index contributed by atoms with van der Waals surface area (Å²) in [5.41, 5.74) is 1.25. The number of nitrogens with one attached hydrogen (secondary N) is 2. The molecule has 1 aromatic carbocycles. The number of carboxylic acid groups (broad SMARTS) is 2. The van der Waals surface area contributed by atoms with Gasteiger partial charge in [0.15, 0.2) is 0 Å². The summed E-state index contributed by atoms with van der Waals surface area (Å²) in [4.78, 5) is 20.8. The summed E-state index contributed by atoms with van der Waals surface area (Å²) in [5, 5.41) is 23.0. The Bertz CT molecular complexity index is 412. The minimum atomic E-state index is -0.938. The van der Waals surface area contributed by atoms with E-state index in [9.17, 15) is 9.59 Å². The first-order chi connectivity index (χ1) is 8.59. The second-order valence-corrected chi connectivity index (χ2v) is 3.75. The molecule has 0 bridgehead atoms. The molecule has 20 heavy (non-hydrogen) atoms. The van der Waals surface area contributed by atoms with Gasteiger partial charge in [-0.05, 0) is 17.7 Å². The molecule has 0 aliphatic carbocycles. The van der Waals surface area contributed by atoms with Crippen molar-refractivity contribution < 1.29 is 19.8 Å². The average molecular weight is 332 g/mol. The molecule has 102 valence electrons. The molecular weight excluding hydrogens is 314 g/mol. The molecule has 0 heterocycles. The molecule has 0 aliphatic heterocycles. The molecule has 0 saturated heterocycles. The number of aliphatic carboxylic acids is 1. The summed E-state index contributed by atoms with van der Waals surface area (Å²) in [6, 6.07) is 6.62. The number of carboxylic acids is 2. The van der Waals surface area contributed by atoms with E-state index >= 15 is 0 Å². The van der Waals surface area contributed by atoms with Gasteiger partial charge in [-0.1, -0.05) is 12.1 Å². The molecule has 0 radical (unpaired) electrons. The van der Waals surface area contributed by atoms with Crippen molar-refractivity contribution in [2.24, 2.45) is 0 Å². The summed E-state index contributed by atoms with van der Waals surface area (Å²) >= 11 is 0. The van der Waals surface area contributed by atoms with E-state index in [4.69, 9.17) is 10.2 Å². The van der Waals surface area contributed by atoms with E-state index in [0.29, 0.717) is 19.6 Å². The molecule has 4 N–H and O–H groups in total. The Morgan fingerprint density at radius 3 is 2.00 bits per heavy atom. The number of rotatable bonds is 8. The van der Waals surface area contributed by atoms with Gasteiger partial charge in [-0.2, -0.15) is 0 Å². The number of aromatic carboxylic acids is 1. The molecule has 1 rings (SSSR count). The Labute approximate surface area is 202 Å². The van der Waals surface area contributed by atoms with Crippen molar-refractivity contribution in [2.75, 3.05) is 19.6 Å². The zero-order valence-electron chi connectivity index (χ0n) is 9.85. The van der Waals surface area contributed by atoms with Crippen molar-refractivity contribution >= 4 is 115 Å². The third kappa shape index (κ3) is 11.0. The molecule has 0 unspecified atom stereocenters. The Hall–Kier alpha value is 1.35. The molecule has 8 heteroatoms. The van der Waals surface area contributed by atoms with Crippen molar-refractivity contribution in [2.45, 2.75) is 6.54 Å². The summed E-state index contributed by atoms with van der Waals surface area (Å²) in [6.07, 6.45) is 0. The number of benzene rings is 1. The van der Waals surface area contributed by atoms with Crippen molar-refractivity contribution in [1.82, 2.24) is 10.6 Å². The molecule has 0 aromatic heterocycles. The van der Waals surface area contributed by atoms with Crippen LogP contribution in [0.2, 0.25) is 0 Å². The van der Waals surface area contributed by atoms with Gasteiger partial charge >= 0.3 is 115 Å². The molecule has 6 nitrogen and oxygen atoms in total. The van der Waals surface area contributed by atoms with Crippen LogP contribution in [0, 0.1) is 0 Å². The van der Waals surface area contributed by atoms with Gasteiger partial charge in [0.25, 0.3) is 0 Å². The fraction of sp³-hybridized carbons (Fsp3) is 0.333. The molecule has 1 aromatic rings. The van der Waals surface area contributed by atoms with E-state index in [2.05, 4.69) is 10.6 Å². The number of hydrogen-bond acceptors (Lipinski definition) is 4. The Morgan fingerprint density at radius 1 is 0.950 bits per heavy atom. The Morgan fingerprint density at radius 2 is 1.50 bits per heavy atom. The van der Waals surface area contributed by atoms with Gasteiger partial charge in [0.1, 0.15) is 0 Å². The fourth-order valence-corrected chi connectivity index (χ4v) is 1.37. The zero-order valence-corrected chi connectivity index (χ0v) is 9.85. The van der Waals surface area contributed by atoms with Crippen molar-refractivity contribution in [3.8, 4) is 0 Å². The number of carbonyl (C=O) groups is 2. The monoisotopic (exact) mass is 332 g/mol. The maximum atomic E-state index is 10.6. The van der Waals surface area contributed by atoms with E-state index in [1.807, 2.05) is 0 Å². The Kier molecular flexibility index (Phi) is 16.5. The second-order valence-electron chi connectivity index (χ2n) is 3.75. The van der Waals surface area contributed by atoms with Crippen LogP contribution >= 0.6 is 0 Å². The van der Waals surface area contributed by atoms with Crippen molar-refractivity contribution in [3.63, 3.8) is 0 Å². The van der Waals surface area contributed by atoms with Crippen LogP contribution in [0.1, 0.15) is 15.9 Å². The second kappa shape index (κ2) is 14.0. The minimum absolute atomic E-state index is 0. The number of hydrogen-bond donors (Lipinski definition) is 4. The van der Waals surface area contributed by atoms with Crippen LogP contribution in [0.5, 0.6) is 0 Å². The average Bonchev–Trinajstić information content (AvgIpc) is 2.34. The van der Waals surface area contributed by atoms with Crippen LogP contribution in [-0.4, -0.2) is 145 Å². The van der Waals surface area contributed by atoms with Crippen LogP contribution in [0.25, 0.3) is 0 Å². The van der Waals surface area contributed by atoms with Crippen LogP contribution < -0.4 is 10.6 Å². The van der Waals surface area contributed by atoms with Crippen LogP contribution in [0.15, 0.2) is 24.3 Å². The van der Waals surface area contributed by atoms with E-state index in [1.165, 1.54) is 0 Å². The van der Waals surface area contributed by atoms with Crippen LogP contribution in [0.4, 0.5) is 0 Å².